The fourth-order valence-corrected chi connectivity index (χ4v) is 2.47. The molecule has 0 atom stereocenters. The van der Waals surface area contributed by atoms with E-state index in [0.717, 1.165) is 45.3 Å². The Kier molecular flexibility index (Phi) is 8.90. The third kappa shape index (κ3) is 7.23. The molecule has 1 rings (SSSR count). The van der Waals surface area contributed by atoms with E-state index in [2.05, 4.69) is 24.1 Å². The van der Waals surface area contributed by atoms with Crippen LogP contribution in [0.5, 0.6) is 0 Å². The zero-order chi connectivity index (χ0) is 17.1. The van der Waals surface area contributed by atoms with Crippen molar-refractivity contribution in [3.8, 4) is 0 Å². The topological polar surface area (TPSA) is 75.5 Å². The number of amides is 1. The maximum Gasteiger partial charge on any atom is 0.269 e. The molecule has 0 bridgehead atoms. The molecule has 1 amide bonds. The molecule has 0 radical (unpaired) electrons. The normalized spacial score (nSPS) is 10.7. The number of hydrogen-bond acceptors (Lipinski definition) is 4. The summed E-state index contributed by atoms with van der Waals surface area (Å²) in [7, 11) is 0. The Morgan fingerprint density at radius 1 is 1.09 bits per heavy atom. The van der Waals surface area contributed by atoms with Crippen molar-refractivity contribution in [1.82, 2.24) is 10.2 Å². The van der Waals surface area contributed by atoms with Crippen LogP contribution in [-0.4, -0.2) is 41.9 Å². The number of nitro benzene ring substituents is 1. The summed E-state index contributed by atoms with van der Waals surface area (Å²) in [4.78, 5) is 24.5. The summed E-state index contributed by atoms with van der Waals surface area (Å²) in [6.07, 6.45) is 4.32. The SMILES string of the molecule is CCCN(CCC)CCCCNC(=O)c1ccc([N+](=O)[O-])cc1. The summed E-state index contributed by atoms with van der Waals surface area (Å²) in [5, 5.41) is 13.4. The van der Waals surface area contributed by atoms with E-state index < -0.39 is 4.92 Å². The zero-order valence-corrected chi connectivity index (χ0v) is 14.1. The predicted molar refractivity (Wildman–Crippen MR) is 91.7 cm³/mol. The molecule has 0 spiro atoms. The van der Waals surface area contributed by atoms with Gasteiger partial charge in [0.25, 0.3) is 11.6 Å². The molecule has 0 aliphatic rings. The number of carbonyl (C=O) groups excluding carboxylic acids is 1. The monoisotopic (exact) mass is 321 g/mol. The molecular formula is C17H27N3O3. The van der Waals surface area contributed by atoms with Crippen molar-refractivity contribution < 1.29 is 9.72 Å². The minimum Gasteiger partial charge on any atom is -0.352 e. The summed E-state index contributed by atoms with van der Waals surface area (Å²) in [5.74, 6) is -0.182. The second kappa shape index (κ2) is 10.7. The molecule has 23 heavy (non-hydrogen) atoms. The fraction of sp³-hybridized carbons (Fsp3) is 0.588. The smallest absolute Gasteiger partial charge is 0.269 e. The van der Waals surface area contributed by atoms with Gasteiger partial charge in [-0.25, -0.2) is 0 Å². The summed E-state index contributed by atoms with van der Waals surface area (Å²) < 4.78 is 0. The maximum absolute atomic E-state index is 11.9. The molecule has 128 valence electrons. The predicted octanol–water partition coefficient (Wildman–Crippen LogP) is 3.23. The van der Waals surface area contributed by atoms with E-state index in [1.54, 1.807) is 0 Å². The number of nitro groups is 1. The largest absolute Gasteiger partial charge is 0.352 e. The van der Waals surface area contributed by atoms with Crippen molar-refractivity contribution in [3.63, 3.8) is 0 Å². The molecule has 0 heterocycles. The Labute approximate surface area is 138 Å². The van der Waals surface area contributed by atoms with Gasteiger partial charge in [0.1, 0.15) is 0 Å². The summed E-state index contributed by atoms with van der Waals surface area (Å²) in [6.45, 7) is 8.32. The summed E-state index contributed by atoms with van der Waals surface area (Å²) in [6, 6.07) is 5.67. The summed E-state index contributed by atoms with van der Waals surface area (Å²) >= 11 is 0. The molecule has 0 saturated carbocycles. The average molecular weight is 321 g/mol. The second-order valence-corrected chi connectivity index (χ2v) is 5.61. The van der Waals surface area contributed by atoms with Gasteiger partial charge < -0.3 is 10.2 Å². The van der Waals surface area contributed by atoms with Crippen LogP contribution >= 0.6 is 0 Å². The zero-order valence-electron chi connectivity index (χ0n) is 14.1. The van der Waals surface area contributed by atoms with Crippen molar-refractivity contribution in [2.45, 2.75) is 39.5 Å². The van der Waals surface area contributed by atoms with E-state index in [4.69, 9.17) is 0 Å². The van der Waals surface area contributed by atoms with Crippen molar-refractivity contribution in [1.29, 1.82) is 0 Å². The van der Waals surface area contributed by atoms with E-state index in [1.807, 2.05) is 0 Å². The van der Waals surface area contributed by atoms with Crippen molar-refractivity contribution >= 4 is 11.6 Å². The van der Waals surface area contributed by atoms with Crippen molar-refractivity contribution in [2.24, 2.45) is 0 Å². The number of carbonyl (C=O) groups is 1. The van der Waals surface area contributed by atoms with E-state index in [-0.39, 0.29) is 11.6 Å². The van der Waals surface area contributed by atoms with Gasteiger partial charge in [0, 0.05) is 24.2 Å². The van der Waals surface area contributed by atoms with Gasteiger partial charge in [-0.2, -0.15) is 0 Å². The highest BCUT2D eigenvalue weighted by Crippen LogP contribution is 2.11. The molecule has 1 aromatic carbocycles. The number of nitrogens with one attached hydrogen (secondary N) is 1. The number of rotatable bonds is 11. The Balaban J connectivity index is 2.27. The Hall–Kier alpha value is -1.95. The highest BCUT2D eigenvalue weighted by atomic mass is 16.6. The molecule has 1 aromatic rings. The van der Waals surface area contributed by atoms with Gasteiger partial charge in [0.2, 0.25) is 0 Å². The lowest BCUT2D eigenvalue weighted by atomic mass is 10.2. The number of non-ortho nitro benzene ring substituents is 1. The van der Waals surface area contributed by atoms with Crippen molar-refractivity contribution in [2.75, 3.05) is 26.2 Å². The Bertz CT molecular complexity index is 482. The number of benzene rings is 1. The van der Waals surface area contributed by atoms with Crippen LogP contribution in [0.15, 0.2) is 24.3 Å². The maximum atomic E-state index is 11.9. The highest BCUT2D eigenvalue weighted by molar-refractivity contribution is 5.94. The van der Waals surface area contributed by atoms with Crippen LogP contribution < -0.4 is 5.32 Å². The Morgan fingerprint density at radius 2 is 1.70 bits per heavy atom. The standard InChI is InChI=1S/C17H27N3O3/c1-3-12-19(13-4-2)14-6-5-11-18-17(21)15-7-9-16(10-8-15)20(22)23/h7-10H,3-6,11-14H2,1-2H3,(H,18,21). The van der Waals surface area contributed by atoms with Gasteiger partial charge in [0.15, 0.2) is 0 Å². The van der Waals surface area contributed by atoms with Gasteiger partial charge >= 0.3 is 0 Å². The quantitative estimate of drug-likeness (QED) is 0.386. The first-order chi connectivity index (χ1) is 11.1. The van der Waals surface area contributed by atoms with Crippen LogP contribution in [0.4, 0.5) is 5.69 Å². The first kappa shape index (κ1) is 19.1. The molecule has 0 fully saturated rings. The lowest BCUT2D eigenvalue weighted by Gasteiger charge is -2.20. The van der Waals surface area contributed by atoms with Crippen LogP contribution in [-0.2, 0) is 0 Å². The van der Waals surface area contributed by atoms with Crippen LogP contribution in [0.3, 0.4) is 0 Å². The molecule has 0 aliphatic heterocycles. The molecule has 0 aliphatic carbocycles. The van der Waals surface area contributed by atoms with Gasteiger partial charge in [-0.1, -0.05) is 13.8 Å². The van der Waals surface area contributed by atoms with E-state index in [1.165, 1.54) is 24.3 Å². The minimum atomic E-state index is -0.472. The molecule has 0 saturated heterocycles. The lowest BCUT2D eigenvalue weighted by molar-refractivity contribution is -0.384. The second-order valence-electron chi connectivity index (χ2n) is 5.61. The molecular weight excluding hydrogens is 294 g/mol. The molecule has 1 N–H and O–H groups in total. The van der Waals surface area contributed by atoms with E-state index in [9.17, 15) is 14.9 Å². The van der Waals surface area contributed by atoms with Gasteiger partial charge in [0.05, 0.1) is 4.92 Å². The van der Waals surface area contributed by atoms with Crippen LogP contribution in [0.25, 0.3) is 0 Å². The van der Waals surface area contributed by atoms with Gasteiger partial charge in [-0.3, -0.25) is 14.9 Å². The third-order valence-corrected chi connectivity index (χ3v) is 3.61. The first-order valence-corrected chi connectivity index (χ1v) is 8.33. The fourth-order valence-electron chi connectivity index (χ4n) is 2.47. The highest BCUT2D eigenvalue weighted by Gasteiger charge is 2.09. The van der Waals surface area contributed by atoms with Gasteiger partial charge in [-0.15, -0.1) is 0 Å². The molecule has 0 aromatic heterocycles. The van der Waals surface area contributed by atoms with Crippen LogP contribution in [0, 0.1) is 10.1 Å². The average Bonchev–Trinajstić information content (AvgIpc) is 2.54. The molecule has 6 heteroatoms. The molecule has 0 unspecified atom stereocenters. The van der Waals surface area contributed by atoms with Crippen LogP contribution in [0.1, 0.15) is 49.9 Å². The van der Waals surface area contributed by atoms with E-state index in [0.29, 0.717) is 12.1 Å². The number of unbranched alkanes of at least 4 members (excludes halogenated alkanes) is 1. The van der Waals surface area contributed by atoms with E-state index >= 15 is 0 Å². The first-order valence-electron chi connectivity index (χ1n) is 8.33. The minimum absolute atomic E-state index is 0.00603. The van der Waals surface area contributed by atoms with Crippen LogP contribution in [0.2, 0.25) is 0 Å². The Morgan fingerprint density at radius 3 is 2.22 bits per heavy atom. The molecule has 6 nitrogen and oxygen atoms in total. The third-order valence-electron chi connectivity index (χ3n) is 3.61. The van der Waals surface area contributed by atoms with Gasteiger partial charge in [-0.05, 0) is 57.5 Å². The number of nitrogens with zero attached hydrogens (tertiary/aromatic N) is 2. The lowest BCUT2D eigenvalue weighted by Crippen LogP contribution is -2.28. The van der Waals surface area contributed by atoms with Crippen molar-refractivity contribution in [3.05, 3.63) is 39.9 Å². The number of hydrogen-bond donors (Lipinski definition) is 1. The summed E-state index contributed by atoms with van der Waals surface area (Å²) in [5.41, 5.74) is 0.447.